The number of aromatic carboxylic acids is 1. The maximum atomic E-state index is 11.5. The number of rotatable bonds is 4. The van der Waals surface area contributed by atoms with Crippen molar-refractivity contribution < 1.29 is 24.6 Å². The Bertz CT molecular complexity index is 509. The van der Waals surface area contributed by atoms with Crippen LogP contribution in [0.5, 0.6) is 0 Å². The van der Waals surface area contributed by atoms with E-state index in [1.807, 2.05) is 0 Å². The van der Waals surface area contributed by atoms with E-state index < -0.39 is 23.8 Å². The summed E-state index contributed by atoms with van der Waals surface area (Å²) in [6, 6.07) is 4.25. The second-order valence-corrected chi connectivity index (χ2v) is 3.88. The minimum Gasteiger partial charge on any atom is -0.481 e. The van der Waals surface area contributed by atoms with Gasteiger partial charge in [-0.15, -0.1) is 0 Å². The van der Waals surface area contributed by atoms with Crippen molar-refractivity contribution in [3.05, 3.63) is 29.3 Å². The number of carbonyl (C=O) groups excluding carboxylic acids is 1. The number of aryl methyl sites for hydroxylation is 1. The van der Waals surface area contributed by atoms with Gasteiger partial charge < -0.3 is 15.5 Å². The molecule has 0 aliphatic carbocycles. The zero-order valence-corrected chi connectivity index (χ0v) is 9.93. The van der Waals surface area contributed by atoms with Crippen LogP contribution in [0.2, 0.25) is 0 Å². The van der Waals surface area contributed by atoms with Crippen LogP contribution in [0.3, 0.4) is 0 Å². The van der Waals surface area contributed by atoms with Crippen LogP contribution in [-0.4, -0.2) is 28.1 Å². The molecule has 1 rings (SSSR count). The van der Waals surface area contributed by atoms with Gasteiger partial charge in [-0.05, 0) is 31.5 Å². The quantitative estimate of drug-likeness (QED) is 0.701. The van der Waals surface area contributed by atoms with E-state index in [0.29, 0.717) is 11.3 Å². The molecule has 1 aromatic carbocycles. The molecular formula is C12H13NO5. The van der Waals surface area contributed by atoms with Crippen molar-refractivity contribution in [3.63, 3.8) is 0 Å². The van der Waals surface area contributed by atoms with E-state index in [9.17, 15) is 14.4 Å². The third-order valence-corrected chi connectivity index (χ3v) is 2.51. The zero-order chi connectivity index (χ0) is 13.9. The molecular weight excluding hydrogens is 238 g/mol. The van der Waals surface area contributed by atoms with E-state index in [-0.39, 0.29) is 5.56 Å². The molecule has 0 fully saturated rings. The van der Waals surface area contributed by atoms with Gasteiger partial charge in [-0.1, -0.05) is 6.07 Å². The third kappa shape index (κ3) is 3.07. The molecule has 0 aromatic heterocycles. The molecule has 1 aromatic rings. The number of hydrogen-bond donors (Lipinski definition) is 3. The number of benzene rings is 1. The largest absolute Gasteiger partial charge is 0.481 e. The Balaban J connectivity index is 2.97. The molecule has 18 heavy (non-hydrogen) atoms. The second kappa shape index (κ2) is 5.31. The predicted octanol–water partition coefficient (Wildman–Crippen LogP) is 1.35. The first-order chi connectivity index (χ1) is 8.32. The normalized spacial score (nSPS) is 11.7. The van der Waals surface area contributed by atoms with Gasteiger partial charge in [0.1, 0.15) is 5.92 Å². The van der Waals surface area contributed by atoms with E-state index >= 15 is 0 Å². The fourth-order valence-corrected chi connectivity index (χ4v) is 1.24. The van der Waals surface area contributed by atoms with Gasteiger partial charge in [-0.25, -0.2) is 4.79 Å². The average molecular weight is 251 g/mol. The van der Waals surface area contributed by atoms with Gasteiger partial charge >= 0.3 is 11.9 Å². The lowest BCUT2D eigenvalue weighted by molar-refractivity contribution is -0.144. The van der Waals surface area contributed by atoms with Gasteiger partial charge in [-0.3, -0.25) is 9.59 Å². The highest BCUT2D eigenvalue weighted by molar-refractivity contribution is 6.04. The van der Waals surface area contributed by atoms with Gasteiger partial charge in [0.05, 0.1) is 5.56 Å². The number of carboxylic acid groups (broad SMARTS) is 2. The molecule has 6 nitrogen and oxygen atoms in total. The van der Waals surface area contributed by atoms with E-state index in [1.165, 1.54) is 19.1 Å². The van der Waals surface area contributed by atoms with Crippen LogP contribution in [0, 0.1) is 12.8 Å². The van der Waals surface area contributed by atoms with E-state index in [0.717, 1.165) is 0 Å². The average Bonchev–Trinajstić information content (AvgIpc) is 2.30. The van der Waals surface area contributed by atoms with Crippen molar-refractivity contribution in [2.45, 2.75) is 13.8 Å². The number of anilines is 1. The number of carbonyl (C=O) groups is 3. The topological polar surface area (TPSA) is 104 Å². The fraction of sp³-hybridized carbons (Fsp3) is 0.250. The van der Waals surface area contributed by atoms with Gasteiger partial charge in [0.25, 0.3) is 0 Å². The summed E-state index contributed by atoms with van der Waals surface area (Å²) < 4.78 is 0. The van der Waals surface area contributed by atoms with Crippen LogP contribution in [0.1, 0.15) is 22.8 Å². The summed E-state index contributed by atoms with van der Waals surface area (Å²) in [5.41, 5.74) is 0.984. The summed E-state index contributed by atoms with van der Waals surface area (Å²) in [4.78, 5) is 33.0. The lowest BCUT2D eigenvalue weighted by atomic mass is 10.1. The number of amides is 1. The summed E-state index contributed by atoms with van der Waals surface area (Å²) in [6.07, 6.45) is 0. The second-order valence-electron chi connectivity index (χ2n) is 3.88. The molecule has 0 saturated carbocycles. The van der Waals surface area contributed by atoms with Crippen LogP contribution < -0.4 is 5.32 Å². The minimum absolute atomic E-state index is 0.0267. The highest BCUT2D eigenvalue weighted by Crippen LogP contribution is 2.18. The first kappa shape index (κ1) is 13.7. The maximum Gasteiger partial charge on any atom is 0.335 e. The molecule has 1 unspecified atom stereocenters. The molecule has 0 aliphatic rings. The molecule has 1 amide bonds. The van der Waals surface area contributed by atoms with Gasteiger partial charge in [0, 0.05) is 5.69 Å². The molecule has 0 radical (unpaired) electrons. The number of hydrogen-bond acceptors (Lipinski definition) is 3. The van der Waals surface area contributed by atoms with E-state index in [1.54, 1.807) is 13.0 Å². The van der Waals surface area contributed by atoms with Gasteiger partial charge in [0.15, 0.2) is 0 Å². The number of nitrogens with one attached hydrogen (secondary N) is 1. The standard InChI is InChI=1S/C12H13NO5/c1-6-3-4-8(12(17)18)5-9(6)13-10(14)7(2)11(15)16/h3-5,7H,1-2H3,(H,13,14)(H,15,16)(H,17,18). The summed E-state index contributed by atoms with van der Waals surface area (Å²) in [7, 11) is 0. The van der Waals surface area contributed by atoms with Crippen LogP contribution in [0.25, 0.3) is 0 Å². The maximum absolute atomic E-state index is 11.5. The Kier molecular flexibility index (Phi) is 4.04. The molecule has 3 N–H and O–H groups in total. The highest BCUT2D eigenvalue weighted by Gasteiger charge is 2.21. The van der Waals surface area contributed by atoms with E-state index in [4.69, 9.17) is 10.2 Å². The summed E-state index contributed by atoms with van der Waals surface area (Å²) in [6.45, 7) is 2.95. The number of aliphatic carboxylic acids is 1. The number of carboxylic acids is 2. The summed E-state index contributed by atoms with van der Waals surface area (Å²) in [5.74, 6) is -4.23. The molecule has 6 heteroatoms. The minimum atomic E-state index is -1.24. The third-order valence-electron chi connectivity index (χ3n) is 2.51. The first-order valence-electron chi connectivity index (χ1n) is 5.20. The van der Waals surface area contributed by atoms with Crippen LogP contribution in [-0.2, 0) is 9.59 Å². The van der Waals surface area contributed by atoms with Crippen molar-refractivity contribution in [1.82, 2.24) is 0 Å². The molecule has 96 valence electrons. The van der Waals surface area contributed by atoms with Crippen molar-refractivity contribution in [2.24, 2.45) is 5.92 Å². The Morgan fingerprint density at radius 2 is 1.83 bits per heavy atom. The molecule has 0 spiro atoms. The summed E-state index contributed by atoms with van der Waals surface area (Å²) >= 11 is 0. The van der Waals surface area contributed by atoms with Crippen molar-refractivity contribution in [1.29, 1.82) is 0 Å². The Labute approximate surface area is 103 Å². The van der Waals surface area contributed by atoms with Gasteiger partial charge in [0.2, 0.25) is 5.91 Å². The van der Waals surface area contributed by atoms with Crippen LogP contribution >= 0.6 is 0 Å². The zero-order valence-electron chi connectivity index (χ0n) is 9.93. The smallest absolute Gasteiger partial charge is 0.335 e. The lowest BCUT2D eigenvalue weighted by Crippen LogP contribution is -2.27. The highest BCUT2D eigenvalue weighted by atomic mass is 16.4. The summed E-state index contributed by atoms with van der Waals surface area (Å²) in [5, 5.41) is 19.9. The van der Waals surface area contributed by atoms with Crippen molar-refractivity contribution in [2.75, 3.05) is 5.32 Å². The molecule has 0 saturated heterocycles. The first-order valence-corrected chi connectivity index (χ1v) is 5.20. The Morgan fingerprint density at radius 3 is 2.33 bits per heavy atom. The van der Waals surface area contributed by atoms with Crippen molar-refractivity contribution in [3.8, 4) is 0 Å². The fourth-order valence-electron chi connectivity index (χ4n) is 1.24. The predicted molar refractivity (Wildman–Crippen MR) is 63.6 cm³/mol. The molecule has 0 heterocycles. The lowest BCUT2D eigenvalue weighted by Gasteiger charge is -2.11. The van der Waals surface area contributed by atoms with Crippen LogP contribution in [0.4, 0.5) is 5.69 Å². The van der Waals surface area contributed by atoms with Gasteiger partial charge in [-0.2, -0.15) is 0 Å². The Hall–Kier alpha value is -2.37. The Morgan fingerprint density at radius 1 is 1.22 bits per heavy atom. The van der Waals surface area contributed by atoms with Crippen LogP contribution in [0.15, 0.2) is 18.2 Å². The van der Waals surface area contributed by atoms with Crippen molar-refractivity contribution >= 4 is 23.5 Å². The molecule has 0 aliphatic heterocycles. The monoisotopic (exact) mass is 251 g/mol. The van der Waals surface area contributed by atoms with E-state index in [2.05, 4.69) is 5.32 Å². The molecule has 1 atom stereocenters. The SMILES string of the molecule is Cc1ccc(C(=O)O)cc1NC(=O)C(C)C(=O)O. The molecule has 0 bridgehead atoms.